The molecule has 2 rings (SSSR count). The van der Waals surface area contributed by atoms with Crippen LogP contribution in [-0.4, -0.2) is 23.7 Å². The number of nitrogens with zero attached hydrogens (tertiary/aromatic N) is 1. The Balaban J connectivity index is 2.39. The van der Waals surface area contributed by atoms with Crippen molar-refractivity contribution in [2.75, 3.05) is 11.4 Å². The van der Waals surface area contributed by atoms with Crippen LogP contribution in [0.3, 0.4) is 0 Å². The minimum Gasteiger partial charge on any atom is -0.478 e. The van der Waals surface area contributed by atoms with Gasteiger partial charge in [0.2, 0.25) is 0 Å². The summed E-state index contributed by atoms with van der Waals surface area (Å²) in [6.07, 6.45) is 7.58. The maximum absolute atomic E-state index is 14.9. The van der Waals surface area contributed by atoms with Gasteiger partial charge in [-0.3, -0.25) is 0 Å². The Bertz CT molecular complexity index is 775. The molecule has 0 spiro atoms. The highest BCUT2D eigenvalue weighted by Crippen LogP contribution is 2.34. The standard InChI is InChI=1S/C23H30FNO2/c1-5-7-20(21(24)11-9-17(4)14-23(26)27)18-10-12-22-19(15-18)8-6-13-25(22)16(2)3/h9-12,14-16H,5-8,13H2,1-4H3,(H,26,27)/b11-9+,17-14+,21-20-. The maximum atomic E-state index is 14.9. The monoisotopic (exact) mass is 371 g/mol. The number of carboxylic acid groups (broad SMARTS) is 1. The molecule has 1 aromatic rings. The fraction of sp³-hybridized carbons (Fsp3) is 0.435. The van der Waals surface area contributed by atoms with Gasteiger partial charge < -0.3 is 10.0 Å². The molecule has 0 saturated carbocycles. The quantitative estimate of drug-likeness (QED) is 0.478. The topological polar surface area (TPSA) is 40.5 Å². The van der Waals surface area contributed by atoms with Gasteiger partial charge in [-0.25, -0.2) is 9.18 Å². The summed E-state index contributed by atoms with van der Waals surface area (Å²) in [6, 6.07) is 6.70. The summed E-state index contributed by atoms with van der Waals surface area (Å²) >= 11 is 0. The number of carbonyl (C=O) groups is 1. The van der Waals surface area contributed by atoms with E-state index in [-0.39, 0.29) is 5.83 Å². The van der Waals surface area contributed by atoms with Gasteiger partial charge in [-0.15, -0.1) is 0 Å². The van der Waals surface area contributed by atoms with Crippen molar-refractivity contribution in [2.45, 2.75) is 59.4 Å². The van der Waals surface area contributed by atoms with Crippen molar-refractivity contribution >= 4 is 17.2 Å². The average Bonchev–Trinajstić information content (AvgIpc) is 2.62. The zero-order valence-corrected chi connectivity index (χ0v) is 16.8. The van der Waals surface area contributed by atoms with Gasteiger partial charge >= 0.3 is 5.97 Å². The van der Waals surface area contributed by atoms with Gasteiger partial charge in [0.05, 0.1) is 0 Å². The number of halogens is 1. The van der Waals surface area contributed by atoms with E-state index in [4.69, 9.17) is 5.11 Å². The number of anilines is 1. The first-order valence-corrected chi connectivity index (χ1v) is 9.71. The van der Waals surface area contributed by atoms with E-state index in [1.54, 1.807) is 6.92 Å². The summed E-state index contributed by atoms with van der Waals surface area (Å²) in [4.78, 5) is 13.1. The van der Waals surface area contributed by atoms with E-state index in [1.165, 1.54) is 23.4 Å². The average molecular weight is 371 g/mol. The van der Waals surface area contributed by atoms with Crippen LogP contribution in [0.2, 0.25) is 0 Å². The minimum atomic E-state index is -1.03. The zero-order chi connectivity index (χ0) is 20.0. The Kier molecular flexibility index (Phi) is 7.40. The van der Waals surface area contributed by atoms with Gasteiger partial charge in [0.25, 0.3) is 0 Å². The Morgan fingerprint density at radius 3 is 2.70 bits per heavy atom. The number of allylic oxidation sites excluding steroid dienone is 5. The molecule has 27 heavy (non-hydrogen) atoms. The second-order valence-corrected chi connectivity index (χ2v) is 7.37. The van der Waals surface area contributed by atoms with Gasteiger partial charge in [-0.05, 0) is 80.5 Å². The molecular formula is C23H30FNO2. The lowest BCUT2D eigenvalue weighted by atomic mass is 9.93. The third-order valence-corrected chi connectivity index (χ3v) is 4.84. The highest BCUT2D eigenvalue weighted by Gasteiger charge is 2.20. The molecule has 1 aliphatic rings. The number of carboxylic acids is 1. The smallest absolute Gasteiger partial charge is 0.328 e. The molecule has 0 aromatic heterocycles. The van der Waals surface area contributed by atoms with Crippen LogP contribution < -0.4 is 4.90 Å². The molecule has 0 unspecified atom stereocenters. The molecular weight excluding hydrogens is 341 g/mol. The van der Waals surface area contributed by atoms with Crippen LogP contribution in [-0.2, 0) is 11.2 Å². The van der Waals surface area contributed by atoms with Crippen LogP contribution in [0.4, 0.5) is 10.1 Å². The van der Waals surface area contributed by atoms with Crippen molar-refractivity contribution in [1.82, 2.24) is 0 Å². The van der Waals surface area contributed by atoms with E-state index in [0.717, 1.165) is 37.4 Å². The number of aryl methyl sites for hydroxylation is 1. The lowest BCUT2D eigenvalue weighted by Crippen LogP contribution is -2.35. The Labute approximate surface area is 161 Å². The Hall–Kier alpha value is -2.36. The Morgan fingerprint density at radius 2 is 2.07 bits per heavy atom. The first-order valence-electron chi connectivity index (χ1n) is 9.71. The SMILES string of the molecule is CCC\C(=C(F)/C=C/C(C)=C/C(=O)O)c1ccc2c(c1)CCCN2C(C)C. The van der Waals surface area contributed by atoms with Crippen LogP contribution in [0.5, 0.6) is 0 Å². The summed E-state index contributed by atoms with van der Waals surface area (Å²) in [5, 5.41) is 8.77. The van der Waals surface area contributed by atoms with Crippen LogP contribution in [0.1, 0.15) is 58.1 Å². The first-order chi connectivity index (χ1) is 12.8. The summed E-state index contributed by atoms with van der Waals surface area (Å²) in [5.41, 5.74) is 4.64. The van der Waals surface area contributed by atoms with E-state index in [9.17, 15) is 9.18 Å². The van der Waals surface area contributed by atoms with Crippen LogP contribution >= 0.6 is 0 Å². The molecule has 0 bridgehead atoms. The van der Waals surface area contributed by atoms with Crippen molar-refractivity contribution in [3.63, 3.8) is 0 Å². The van der Waals surface area contributed by atoms with E-state index < -0.39 is 5.97 Å². The fourth-order valence-corrected chi connectivity index (χ4v) is 3.55. The predicted molar refractivity (Wildman–Crippen MR) is 111 cm³/mol. The molecule has 0 atom stereocenters. The summed E-state index contributed by atoms with van der Waals surface area (Å²) in [7, 11) is 0. The van der Waals surface area contributed by atoms with Crippen LogP contribution in [0.25, 0.3) is 5.57 Å². The summed E-state index contributed by atoms with van der Waals surface area (Å²) in [5.74, 6) is -1.33. The second kappa shape index (κ2) is 9.54. The van der Waals surface area contributed by atoms with Gasteiger partial charge in [0, 0.05) is 24.4 Å². The lowest BCUT2D eigenvalue weighted by Gasteiger charge is -2.35. The molecule has 0 saturated heterocycles. The molecule has 0 radical (unpaired) electrons. The molecule has 4 heteroatoms. The van der Waals surface area contributed by atoms with Gasteiger partial charge in [0.1, 0.15) is 5.83 Å². The Morgan fingerprint density at radius 1 is 1.33 bits per heavy atom. The molecule has 3 nitrogen and oxygen atoms in total. The number of aliphatic carboxylic acids is 1. The molecule has 0 fully saturated rings. The number of benzene rings is 1. The summed E-state index contributed by atoms with van der Waals surface area (Å²) < 4.78 is 14.9. The second-order valence-electron chi connectivity index (χ2n) is 7.37. The molecule has 1 heterocycles. The van der Waals surface area contributed by atoms with Crippen molar-refractivity contribution in [3.05, 3.63) is 59.0 Å². The first kappa shape index (κ1) is 20.9. The van der Waals surface area contributed by atoms with E-state index in [0.29, 0.717) is 23.6 Å². The highest BCUT2D eigenvalue weighted by atomic mass is 19.1. The third kappa shape index (κ3) is 5.56. The number of rotatable bonds is 7. The van der Waals surface area contributed by atoms with Crippen molar-refractivity contribution in [3.8, 4) is 0 Å². The van der Waals surface area contributed by atoms with Gasteiger partial charge in [0.15, 0.2) is 0 Å². The molecule has 1 aliphatic heterocycles. The minimum absolute atomic E-state index is 0.300. The van der Waals surface area contributed by atoms with Gasteiger partial charge in [-0.1, -0.05) is 25.5 Å². The number of hydrogen-bond donors (Lipinski definition) is 1. The number of hydrogen-bond acceptors (Lipinski definition) is 2. The van der Waals surface area contributed by atoms with Crippen LogP contribution in [0.15, 0.2) is 47.8 Å². The molecule has 0 aliphatic carbocycles. The van der Waals surface area contributed by atoms with Gasteiger partial charge in [-0.2, -0.15) is 0 Å². The van der Waals surface area contributed by atoms with Crippen molar-refractivity contribution in [1.29, 1.82) is 0 Å². The fourth-order valence-electron chi connectivity index (χ4n) is 3.55. The van der Waals surface area contributed by atoms with Crippen molar-refractivity contribution in [2.24, 2.45) is 0 Å². The zero-order valence-electron chi connectivity index (χ0n) is 16.8. The van der Waals surface area contributed by atoms with E-state index in [1.807, 2.05) is 13.0 Å². The molecule has 1 N–H and O–H groups in total. The third-order valence-electron chi connectivity index (χ3n) is 4.84. The van der Waals surface area contributed by atoms with Crippen LogP contribution in [0, 0.1) is 0 Å². The normalized spacial score (nSPS) is 15.9. The molecule has 1 aromatic carbocycles. The predicted octanol–water partition coefficient (Wildman–Crippen LogP) is 5.92. The highest BCUT2D eigenvalue weighted by molar-refractivity contribution is 5.81. The lowest BCUT2D eigenvalue weighted by molar-refractivity contribution is -0.131. The summed E-state index contributed by atoms with van der Waals surface area (Å²) in [6.45, 7) is 9.14. The van der Waals surface area contributed by atoms with Crippen molar-refractivity contribution < 1.29 is 14.3 Å². The maximum Gasteiger partial charge on any atom is 0.328 e. The van der Waals surface area contributed by atoms with E-state index >= 15 is 0 Å². The molecule has 0 amide bonds. The number of fused-ring (bicyclic) bond motifs is 1. The largest absolute Gasteiger partial charge is 0.478 e. The molecule has 146 valence electrons. The van der Waals surface area contributed by atoms with E-state index in [2.05, 4.69) is 30.9 Å².